The molecule has 198 valence electrons. The number of carbonyl (C=O) groups is 2. The monoisotopic (exact) mass is 520 g/mol. The van der Waals surface area contributed by atoms with Crippen molar-refractivity contribution < 1.29 is 33.0 Å². The van der Waals surface area contributed by atoms with Crippen molar-refractivity contribution in [1.82, 2.24) is 19.9 Å². The zero-order valence-corrected chi connectivity index (χ0v) is 20.2. The Balaban J connectivity index is 1.56. The number of aliphatic hydroxyl groups excluding tert-OH is 1. The summed E-state index contributed by atoms with van der Waals surface area (Å²) in [5.74, 6) is 0.227. The summed E-state index contributed by atoms with van der Waals surface area (Å²) in [6, 6.07) is 7.65. The van der Waals surface area contributed by atoms with Crippen LogP contribution >= 0.6 is 0 Å². The Morgan fingerprint density at radius 2 is 1.78 bits per heavy atom. The van der Waals surface area contributed by atoms with E-state index in [1.165, 1.54) is 6.92 Å². The molecule has 3 aromatic rings. The highest BCUT2D eigenvalue weighted by molar-refractivity contribution is 6.04. The van der Waals surface area contributed by atoms with Crippen molar-refractivity contribution in [2.45, 2.75) is 44.5 Å². The fourth-order valence-electron chi connectivity index (χ4n) is 4.33. The topological polar surface area (TPSA) is 132 Å². The Hall–Kier alpha value is -3.71. The second kappa shape index (κ2) is 9.98. The molecule has 2 aromatic heterocycles. The van der Waals surface area contributed by atoms with Crippen molar-refractivity contribution in [1.29, 1.82) is 0 Å². The quantitative estimate of drug-likeness (QED) is 0.392. The normalized spacial score (nSPS) is 16.5. The number of nitrogens with zero attached hydrogens (tertiary/aromatic N) is 4. The molecular weight excluding hydrogens is 493 g/mol. The number of rotatable bonds is 6. The number of nitrogens with one attached hydrogen (secondary N) is 2. The molecule has 0 radical (unpaired) electrons. The number of aliphatic hydroxyl groups is 2. The van der Waals surface area contributed by atoms with Crippen molar-refractivity contribution >= 4 is 29.1 Å². The van der Waals surface area contributed by atoms with E-state index >= 15 is 0 Å². The van der Waals surface area contributed by atoms with Gasteiger partial charge >= 0.3 is 6.18 Å². The third kappa shape index (κ3) is 5.37. The third-order valence-electron chi connectivity index (χ3n) is 6.32. The van der Waals surface area contributed by atoms with Gasteiger partial charge in [-0.1, -0.05) is 12.1 Å². The first-order valence-electron chi connectivity index (χ1n) is 11.6. The van der Waals surface area contributed by atoms with Crippen molar-refractivity contribution in [3.8, 4) is 0 Å². The molecule has 1 aliphatic rings. The number of carbonyl (C=O) groups excluding carboxylic acids is 2. The zero-order valence-electron chi connectivity index (χ0n) is 20.2. The minimum Gasteiger partial charge on any atom is -0.393 e. The predicted octanol–water partition coefficient (Wildman–Crippen LogP) is 2.14. The first kappa shape index (κ1) is 26.4. The van der Waals surface area contributed by atoms with E-state index in [9.17, 15) is 27.9 Å². The minimum absolute atomic E-state index is 0.0373. The summed E-state index contributed by atoms with van der Waals surface area (Å²) in [5, 5.41) is 29.1. The molecule has 2 amide bonds. The number of hydrogen-bond donors (Lipinski definition) is 4. The van der Waals surface area contributed by atoms with E-state index in [-0.39, 0.29) is 23.3 Å². The molecule has 13 heteroatoms. The van der Waals surface area contributed by atoms with E-state index in [1.54, 1.807) is 16.6 Å². The summed E-state index contributed by atoms with van der Waals surface area (Å²) in [6.45, 7) is 3.03. The number of hydrogen-bond acceptors (Lipinski definition) is 7. The van der Waals surface area contributed by atoms with Crippen LogP contribution < -0.4 is 15.5 Å². The highest BCUT2D eigenvalue weighted by Gasteiger charge is 2.54. The molecule has 0 saturated carbocycles. The number of aryl methyl sites for hydroxylation is 1. The number of piperidine rings is 1. The number of alkyl halides is 3. The molecule has 0 unspecified atom stereocenters. The summed E-state index contributed by atoms with van der Waals surface area (Å²) < 4.78 is 41.3. The summed E-state index contributed by atoms with van der Waals surface area (Å²) in [7, 11) is 0. The van der Waals surface area contributed by atoms with Gasteiger partial charge in [0.15, 0.2) is 5.65 Å². The smallest absolute Gasteiger partial charge is 0.393 e. The van der Waals surface area contributed by atoms with E-state index in [1.807, 2.05) is 6.92 Å². The van der Waals surface area contributed by atoms with Crippen LogP contribution in [0.5, 0.6) is 0 Å². The van der Waals surface area contributed by atoms with Gasteiger partial charge in [0, 0.05) is 43.8 Å². The largest absolute Gasteiger partial charge is 0.423 e. The number of amides is 2. The fourth-order valence-corrected chi connectivity index (χ4v) is 4.33. The van der Waals surface area contributed by atoms with E-state index in [0.717, 1.165) is 42.8 Å². The van der Waals surface area contributed by atoms with E-state index in [2.05, 4.69) is 25.6 Å². The van der Waals surface area contributed by atoms with Crippen LogP contribution in [0.3, 0.4) is 0 Å². The molecule has 1 saturated heterocycles. The summed E-state index contributed by atoms with van der Waals surface area (Å²) in [4.78, 5) is 30.7. The van der Waals surface area contributed by atoms with Gasteiger partial charge in [-0.05, 0) is 37.5 Å². The van der Waals surface area contributed by atoms with Gasteiger partial charge in [-0.3, -0.25) is 9.59 Å². The molecule has 1 aromatic carbocycles. The number of halogens is 3. The first-order valence-corrected chi connectivity index (χ1v) is 11.6. The Labute approximate surface area is 210 Å². The van der Waals surface area contributed by atoms with E-state index in [4.69, 9.17) is 5.11 Å². The molecule has 1 fully saturated rings. The molecule has 4 rings (SSSR count). The van der Waals surface area contributed by atoms with E-state index in [0.29, 0.717) is 24.6 Å². The van der Waals surface area contributed by atoms with Crippen LogP contribution in [0.1, 0.15) is 41.4 Å². The van der Waals surface area contributed by atoms with Crippen LogP contribution in [0.25, 0.3) is 5.65 Å². The molecule has 1 aliphatic heterocycles. The standard InChI is InChI=1S/C24H27F3N6O4/c1-14-11-20-29-19(12-21(33(20)31-14)32-9-7-18(8-10-32)28-15(2)35)30-22(36)16-3-5-17(6-4-16)23(37,13-34)24(25,26)27/h3-6,11-12,18,34,37H,7-10,13H2,1-2H3,(H,28,35)(H,29,30,36)/t23-/m0/s1. The molecule has 37 heavy (non-hydrogen) atoms. The second-order valence-corrected chi connectivity index (χ2v) is 9.06. The van der Waals surface area contributed by atoms with Gasteiger partial charge in [0.25, 0.3) is 5.91 Å². The fraction of sp³-hybridized carbons (Fsp3) is 0.417. The SMILES string of the molecule is CC(=O)NC1CCN(c2cc(NC(=O)c3ccc([C@@](O)(CO)C(F)(F)F)cc3)nc3cc(C)nn23)CC1. The highest BCUT2D eigenvalue weighted by atomic mass is 19.4. The van der Waals surface area contributed by atoms with Crippen molar-refractivity contribution in [2.75, 3.05) is 29.9 Å². The van der Waals surface area contributed by atoms with Gasteiger partial charge in [0.05, 0.1) is 12.3 Å². The average Bonchev–Trinajstić information content (AvgIpc) is 3.22. The van der Waals surface area contributed by atoms with E-state index < -0.39 is 29.9 Å². The number of fused-ring (bicyclic) bond motifs is 1. The second-order valence-electron chi connectivity index (χ2n) is 9.06. The Morgan fingerprint density at radius 3 is 2.35 bits per heavy atom. The zero-order chi connectivity index (χ0) is 27.0. The van der Waals surface area contributed by atoms with Gasteiger partial charge in [0.1, 0.15) is 11.6 Å². The summed E-state index contributed by atoms with van der Waals surface area (Å²) in [6.07, 6.45) is -3.63. The van der Waals surface area contributed by atoms with Crippen LogP contribution in [0.4, 0.5) is 24.8 Å². The Morgan fingerprint density at radius 1 is 1.14 bits per heavy atom. The first-order chi connectivity index (χ1) is 17.4. The number of anilines is 2. The third-order valence-corrected chi connectivity index (χ3v) is 6.32. The maximum atomic E-state index is 13.2. The molecule has 3 heterocycles. The van der Waals surface area contributed by atoms with Crippen molar-refractivity contribution in [2.24, 2.45) is 0 Å². The molecule has 1 atom stereocenters. The van der Waals surface area contributed by atoms with Crippen LogP contribution in [-0.2, 0) is 10.4 Å². The van der Waals surface area contributed by atoms with Gasteiger partial charge in [0.2, 0.25) is 11.5 Å². The van der Waals surface area contributed by atoms with Crippen molar-refractivity contribution in [3.05, 3.63) is 53.2 Å². The lowest BCUT2D eigenvalue weighted by molar-refractivity contribution is -0.277. The predicted molar refractivity (Wildman–Crippen MR) is 128 cm³/mol. The number of benzene rings is 1. The maximum absolute atomic E-state index is 13.2. The number of aromatic nitrogens is 3. The van der Waals surface area contributed by atoms with Crippen molar-refractivity contribution in [3.63, 3.8) is 0 Å². The summed E-state index contributed by atoms with van der Waals surface area (Å²) in [5.41, 5.74) is -2.75. The minimum atomic E-state index is -5.10. The van der Waals surface area contributed by atoms with Gasteiger partial charge in [-0.2, -0.15) is 22.8 Å². The lowest BCUT2D eigenvalue weighted by Crippen LogP contribution is -2.45. The molecule has 0 bridgehead atoms. The lowest BCUT2D eigenvalue weighted by atomic mass is 9.93. The van der Waals surface area contributed by atoms with Crippen LogP contribution in [0, 0.1) is 6.92 Å². The molecular formula is C24H27F3N6O4. The van der Waals surface area contributed by atoms with Crippen LogP contribution in [0.15, 0.2) is 36.4 Å². The molecule has 0 aliphatic carbocycles. The molecule has 0 spiro atoms. The summed E-state index contributed by atoms with van der Waals surface area (Å²) >= 11 is 0. The average molecular weight is 521 g/mol. The van der Waals surface area contributed by atoms with Gasteiger partial charge in [-0.25, -0.2) is 4.98 Å². The van der Waals surface area contributed by atoms with Gasteiger partial charge < -0.3 is 25.7 Å². The highest BCUT2D eigenvalue weighted by Crippen LogP contribution is 2.38. The Kier molecular flexibility index (Phi) is 7.11. The molecule has 10 nitrogen and oxygen atoms in total. The van der Waals surface area contributed by atoms with Crippen LogP contribution in [0.2, 0.25) is 0 Å². The maximum Gasteiger partial charge on any atom is 0.423 e. The Bertz CT molecular complexity index is 1300. The van der Waals surface area contributed by atoms with Gasteiger partial charge in [-0.15, -0.1) is 0 Å². The van der Waals surface area contributed by atoms with Crippen LogP contribution in [-0.4, -0.2) is 68.5 Å². The lowest BCUT2D eigenvalue weighted by Gasteiger charge is -2.33. The molecule has 4 N–H and O–H groups in total.